The minimum absolute atomic E-state index is 0.00986. The van der Waals surface area contributed by atoms with Crippen molar-refractivity contribution in [2.45, 2.75) is 6.04 Å². The lowest BCUT2D eigenvalue weighted by atomic mass is 10.1. The van der Waals surface area contributed by atoms with Crippen LogP contribution in [0.5, 0.6) is 0 Å². The summed E-state index contributed by atoms with van der Waals surface area (Å²) in [6.07, 6.45) is 3.36. The molecule has 1 atom stereocenters. The highest BCUT2D eigenvalue weighted by molar-refractivity contribution is 7.91. The van der Waals surface area contributed by atoms with Gasteiger partial charge in [0.2, 0.25) is 0 Å². The van der Waals surface area contributed by atoms with Crippen LogP contribution in [-0.4, -0.2) is 54.6 Å². The van der Waals surface area contributed by atoms with Crippen molar-refractivity contribution in [3.05, 3.63) is 30.1 Å². The maximum Gasteiger partial charge on any atom is 0.152 e. The number of aliphatic hydroxyl groups excluding tert-OH is 1. The van der Waals surface area contributed by atoms with E-state index in [1.807, 2.05) is 17.0 Å². The minimum Gasteiger partial charge on any atom is -0.394 e. The molecule has 5 nitrogen and oxygen atoms in total. The maximum absolute atomic E-state index is 11.3. The van der Waals surface area contributed by atoms with E-state index in [0.717, 1.165) is 5.56 Å². The van der Waals surface area contributed by atoms with Crippen LogP contribution in [0.1, 0.15) is 11.6 Å². The number of hydrogen-bond donors (Lipinski definition) is 1. The van der Waals surface area contributed by atoms with Gasteiger partial charge in [-0.2, -0.15) is 0 Å². The predicted molar refractivity (Wildman–Crippen MR) is 64.3 cm³/mol. The molecule has 0 radical (unpaired) electrons. The number of aliphatic hydroxyl groups is 1. The summed E-state index contributed by atoms with van der Waals surface area (Å²) >= 11 is 0. The lowest BCUT2D eigenvalue weighted by molar-refractivity contribution is 0.131. The molecular formula is C11H16N2O3S. The topological polar surface area (TPSA) is 70.5 Å². The molecule has 94 valence electrons. The lowest BCUT2D eigenvalue weighted by Crippen LogP contribution is -2.43. The third kappa shape index (κ3) is 3.02. The first-order valence-electron chi connectivity index (χ1n) is 5.57. The van der Waals surface area contributed by atoms with Crippen molar-refractivity contribution in [1.29, 1.82) is 0 Å². The van der Waals surface area contributed by atoms with Gasteiger partial charge < -0.3 is 5.11 Å². The molecule has 0 aliphatic carbocycles. The van der Waals surface area contributed by atoms with Gasteiger partial charge >= 0.3 is 0 Å². The highest BCUT2D eigenvalue weighted by Gasteiger charge is 2.27. The van der Waals surface area contributed by atoms with Gasteiger partial charge in [0.1, 0.15) is 0 Å². The van der Waals surface area contributed by atoms with Gasteiger partial charge in [0.15, 0.2) is 9.84 Å². The van der Waals surface area contributed by atoms with Crippen LogP contribution in [0.3, 0.4) is 0 Å². The van der Waals surface area contributed by atoms with Crippen LogP contribution >= 0.6 is 0 Å². The summed E-state index contributed by atoms with van der Waals surface area (Å²) in [4.78, 5) is 5.94. The maximum atomic E-state index is 11.3. The normalized spacial score (nSPS) is 22.2. The first-order valence-corrected chi connectivity index (χ1v) is 7.40. The monoisotopic (exact) mass is 256 g/mol. The van der Waals surface area contributed by atoms with E-state index in [1.165, 1.54) is 0 Å². The van der Waals surface area contributed by atoms with Gasteiger partial charge in [-0.15, -0.1) is 0 Å². The molecule has 1 N–H and O–H groups in total. The average Bonchev–Trinajstić information content (AvgIpc) is 2.33. The second-order valence-corrected chi connectivity index (χ2v) is 6.47. The summed E-state index contributed by atoms with van der Waals surface area (Å²) in [6, 6.07) is 3.57. The molecule has 17 heavy (non-hydrogen) atoms. The van der Waals surface area contributed by atoms with Gasteiger partial charge in [-0.1, -0.05) is 0 Å². The Labute approximate surface area is 101 Å². The van der Waals surface area contributed by atoms with Crippen molar-refractivity contribution in [1.82, 2.24) is 9.88 Å². The van der Waals surface area contributed by atoms with Crippen LogP contribution in [-0.2, 0) is 9.84 Å². The summed E-state index contributed by atoms with van der Waals surface area (Å²) in [6.45, 7) is 0.954. The predicted octanol–water partition coefficient (Wildman–Crippen LogP) is -0.155. The van der Waals surface area contributed by atoms with E-state index >= 15 is 0 Å². The van der Waals surface area contributed by atoms with Gasteiger partial charge in [-0.25, -0.2) is 8.42 Å². The van der Waals surface area contributed by atoms with Gasteiger partial charge in [0.05, 0.1) is 24.2 Å². The molecular weight excluding hydrogens is 240 g/mol. The summed E-state index contributed by atoms with van der Waals surface area (Å²) in [7, 11) is -2.88. The zero-order valence-corrected chi connectivity index (χ0v) is 10.3. The van der Waals surface area contributed by atoms with Crippen molar-refractivity contribution in [2.24, 2.45) is 0 Å². The van der Waals surface area contributed by atoms with E-state index in [2.05, 4.69) is 4.98 Å². The summed E-state index contributed by atoms with van der Waals surface area (Å²) < 4.78 is 22.7. The average molecular weight is 256 g/mol. The second-order valence-electron chi connectivity index (χ2n) is 4.17. The van der Waals surface area contributed by atoms with E-state index in [4.69, 9.17) is 0 Å². The van der Waals surface area contributed by atoms with E-state index in [9.17, 15) is 13.5 Å². The molecule has 1 fully saturated rings. The number of hydrogen-bond acceptors (Lipinski definition) is 5. The number of nitrogens with zero attached hydrogens (tertiary/aromatic N) is 2. The van der Waals surface area contributed by atoms with Gasteiger partial charge in [0.25, 0.3) is 0 Å². The Bertz CT molecular complexity index is 447. The largest absolute Gasteiger partial charge is 0.394 e. The molecule has 1 aliphatic rings. The zero-order chi connectivity index (χ0) is 12.3. The lowest BCUT2D eigenvalue weighted by Gasteiger charge is -2.33. The molecule has 1 aliphatic heterocycles. The number of pyridine rings is 1. The molecule has 0 aromatic carbocycles. The van der Waals surface area contributed by atoms with Crippen LogP contribution in [0.25, 0.3) is 0 Å². The van der Waals surface area contributed by atoms with Crippen LogP contribution in [0, 0.1) is 0 Å². The summed E-state index contributed by atoms with van der Waals surface area (Å²) in [5, 5.41) is 9.45. The Morgan fingerprint density at radius 3 is 2.41 bits per heavy atom. The smallest absolute Gasteiger partial charge is 0.152 e. The molecule has 1 aromatic heterocycles. The van der Waals surface area contributed by atoms with Gasteiger partial charge in [-0.05, 0) is 17.7 Å². The van der Waals surface area contributed by atoms with Gasteiger partial charge in [-0.3, -0.25) is 9.88 Å². The molecule has 1 saturated heterocycles. The molecule has 2 rings (SSSR count). The van der Waals surface area contributed by atoms with Crippen LogP contribution in [0.4, 0.5) is 0 Å². The van der Waals surface area contributed by atoms with E-state index in [1.54, 1.807) is 12.4 Å². The molecule has 1 aromatic rings. The first-order chi connectivity index (χ1) is 8.12. The van der Waals surface area contributed by atoms with Crippen LogP contribution < -0.4 is 0 Å². The van der Waals surface area contributed by atoms with Crippen molar-refractivity contribution in [3.8, 4) is 0 Å². The fourth-order valence-electron chi connectivity index (χ4n) is 2.06. The molecule has 0 spiro atoms. The molecule has 0 bridgehead atoms. The quantitative estimate of drug-likeness (QED) is 0.814. The van der Waals surface area contributed by atoms with E-state index in [0.29, 0.717) is 13.1 Å². The Hall–Kier alpha value is -0.980. The van der Waals surface area contributed by atoms with E-state index in [-0.39, 0.29) is 24.2 Å². The van der Waals surface area contributed by atoms with Crippen molar-refractivity contribution in [2.75, 3.05) is 31.2 Å². The summed E-state index contributed by atoms with van der Waals surface area (Å²) in [5.41, 5.74) is 0.974. The van der Waals surface area contributed by atoms with Crippen molar-refractivity contribution in [3.63, 3.8) is 0 Å². The fraction of sp³-hybridized carbons (Fsp3) is 0.545. The molecule has 1 unspecified atom stereocenters. The Balaban J connectivity index is 2.11. The summed E-state index contributed by atoms with van der Waals surface area (Å²) in [5.74, 6) is 0.350. The third-order valence-electron chi connectivity index (χ3n) is 3.08. The third-order valence-corrected chi connectivity index (χ3v) is 4.69. The molecule has 0 saturated carbocycles. The zero-order valence-electron chi connectivity index (χ0n) is 9.49. The molecule has 0 amide bonds. The highest BCUT2D eigenvalue weighted by Crippen LogP contribution is 2.21. The molecule has 6 heteroatoms. The van der Waals surface area contributed by atoms with Gasteiger partial charge in [0, 0.05) is 25.5 Å². The first kappa shape index (κ1) is 12.5. The fourth-order valence-corrected chi connectivity index (χ4v) is 3.28. The van der Waals surface area contributed by atoms with Crippen molar-refractivity contribution < 1.29 is 13.5 Å². The number of rotatable bonds is 3. The number of aromatic nitrogens is 1. The second kappa shape index (κ2) is 5.12. The minimum atomic E-state index is -2.88. The van der Waals surface area contributed by atoms with Crippen molar-refractivity contribution >= 4 is 9.84 Å². The number of sulfone groups is 1. The Morgan fingerprint density at radius 1 is 1.29 bits per heavy atom. The highest BCUT2D eigenvalue weighted by atomic mass is 32.2. The molecule has 2 heterocycles. The Kier molecular flexibility index (Phi) is 3.76. The van der Waals surface area contributed by atoms with Crippen LogP contribution in [0.15, 0.2) is 24.5 Å². The van der Waals surface area contributed by atoms with Crippen LogP contribution in [0.2, 0.25) is 0 Å². The standard InChI is InChI=1S/C11H16N2O3S/c14-9-11(10-1-3-12-4-2-10)13-5-7-17(15,16)8-6-13/h1-4,11,14H,5-9H2. The Morgan fingerprint density at radius 2 is 1.88 bits per heavy atom. The SMILES string of the molecule is O=S1(=O)CCN(C(CO)c2ccncc2)CC1. The van der Waals surface area contributed by atoms with E-state index < -0.39 is 9.84 Å².